The molecule has 0 bridgehead atoms. The predicted octanol–water partition coefficient (Wildman–Crippen LogP) is 2.43. The number of benzene rings is 1. The van der Waals surface area contributed by atoms with E-state index >= 15 is 0 Å². The number of ether oxygens (including phenoxy) is 1. The molecule has 3 rings (SSSR count). The third kappa shape index (κ3) is 4.29. The molecule has 0 spiro atoms. The van der Waals surface area contributed by atoms with Crippen LogP contribution in [0.2, 0.25) is 5.02 Å². The van der Waals surface area contributed by atoms with Gasteiger partial charge >= 0.3 is 0 Å². The fourth-order valence-corrected chi connectivity index (χ4v) is 4.77. The first-order valence-electron chi connectivity index (χ1n) is 8.53. The van der Waals surface area contributed by atoms with E-state index in [0.717, 1.165) is 51.1 Å². The van der Waals surface area contributed by atoms with Gasteiger partial charge in [-0.05, 0) is 62.9 Å². The van der Waals surface area contributed by atoms with Gasteiger partial charge in [0.15, 0.2) is 0 Å². The van der Waals surface area contributed by atoms with E-state index in [1.54, 1.807) is 12.1 Å². The van der Waals surface area contributed by atoms with Gasteiger partial charge in [0.1, 0.15) is 0 Å². The zero-order valence-electron chi connectivity index (χ0n) is 14.0. The van der Waals surface area contributed by atoms with Gasteiger partial charge in [-0.3, -0.25) is 4.90 Å². The maximum absolute atomic E-state index is 12.4. The Morgan fingerprint density at radius 1 is 1.29 bits per heavy atom. The van der Waals surface area contributed by atoms with Crippen LogP contribution in [-0.4, -0.2) is 52.2 Å². The largest absolute Gasteiger partial charge is 0.380 e. The van der Waals surface area contributed by atoms with Crippen molar-refractivity contribution in [1.82, 2.24) is 9.62 Å². The Bertz CT molecular complexity index is 666. The van der Waals surface area contributed by atoms with Crippen molar-refractivity contribution in [3.05, 3.63) is 28.8 Å². The number of piperidine rings is 1. The normalized spacial score (nSPS) is 23.7. The van der Waals surface area contributed by atoms with Crippen LogP contribution in [0, 0.1) is 12.8 Å². The number of sulfonamides is 1. The second-order valence-electron chi connectivity index (χ2n) is 6.76. The summed E-state index contributed by atoms with van der Waals surface area (Å²) in [4.78, 5) is 2.72. The maximum atomic E-state index is 12.4. The lowest BCUT2D eigenvalue weighted by atomic mass is 9.96. The average molecular weight is 373 g/mol. The molecule has 134 valence electrons. The van der Waals surface area contributed by atoms with Crippen molar-refractivity contribution in [3.63, 3.8) is 0 Å². The standard InChI is InChI=1S/C17H25ClN2O3S/c1-13-2-3-16(10-17(13)18)24(21,22)19-11-14-4-7-20(8-5-14)15-6-9-23-12-15/h2-3,10,14-15,19H,4-9,11-12H2,1H3. The van der Waals surface area contributed by atoms with Gasteiger partial charge < -0.3 is 4.74 Å². The molecule has 2 fully saturated rings. The molecule has 0 aliphatic carbocycles. The first-order valence-corrected chi connectivity index (χ1v) is 10.4. The second-order valence-corrected chi connectivity index (χ2v) is 8.93. The van der Waals surface area contributed by atoms with E-state index in [0.29, 0.717) is 23.5 Å². The number of rotatable bonds is 5. The Balaban J connectivity index is 1.51. The van der Waals surface area contributed by atoms with Crippen molar-refractivity contribution < 1.29 is 13.2 Å². The lowest BCUT2D eigenvalue weighted by molar-refractivity contribution is 0.111. The highest BCUT2D eigenvalue weighted by Crippen LogP contribution is 2.23. The number of hydrogen-bond acceptors (Lipinski definition) is 4. The van der Waals surface area contributed by atoms with Crippen LogP contribution in [0.5, 0.6) is 0 Å². The van der Waals surface area contributed by atoms with E-state index < -0.39 is 10.0 Å². The summed E-state index contributed by atoms with van der Waals surface area (Å²) >= 11 is 6.04. The van der Waals surface area contributed by atoms with Gasteiger partial charge in [-0.25, -0.2) is 13.1 Å². The lowest BCUT2D eigenvalue weighted by Gasteiger charge is -2.35. The predicted molar refractivity (Wildman–Crippen MR) is 94.9 cm³/mol. The van der Waals surface area contributed by atoms with Crippen LogP contribution in [0.1, 0.15) is 24.8 Å². The Kier molecular flexibility index (Phi) is 5.82. The third-order valence-electron chi connectivity index (χ3n) is 5.09. The monoisotopic (exact) mass is 372 g/mol. The molecule has 0 radical (unpaired) electrons. The number of aryl methyl sites for hydroxylation is 1. The molecule has 2 aliphatic heterocycles. The molecule has 24 heavy (non-hydrogen) atoms. The Hall–Kier alpha value is -0.660. The zero-order valence-corrected chi connectivity index (χ0v) is 15.6. The molecule has 1 aromatic carbocycles. The van der Waals surface area contributed by atoms with Crippen LogP contribution >= 0.6 is 11.6 Å². The molecular formula is C17H25ClN2O3S. The maximum Gasteiger partial charge on any atom is 0.240 e. The molecule has 2 heterocycles. The average Bonchev–Trinajstić information content (AvgIpc) is 3.10. The van der Waals surface area contributed by atoms with Crippen molar-refractivity contribution in [2.24, 2.45) is 5.92 Å². The van der Waals surface area contributed by atoms with Gasteiger partial charge in [-0.2, -0.15) is 0 Å². The molecule has 1 atom stereocenters. The van der Waals surface area contributed by atoms with Crippen LogP contribution in [0.3, 0.4) is 0 Å². The number of nitrogens with zero attached hydrogens (tertiary/aromatic N) is 1. The first kappa shape index (κ1) is 18.1. The molecule has 1 unspecified atom stereocenters. The fourth-order valence-electron chi connectivity index (χ4n) is 3.38. The van der Waals surface area contributed by atoms with Crippen LogP contribution in [0.25, 0.3) is 0 Å². The zero-order chi connectivity index (χ0) is 17.2. The smallest absolute Gasteiger partial charge is 0.240 e. The topological polar surface area (TPSA) is 58.6 Å². The van der Waals surface area contributed by atoms with Gasteiger partial charge in [0, 0.05) is 24.2 Å². The minimum Gasteiger partial charge on any atom is -0.380 e. The minimum atomic E-state index is -3.50. The highest BCUT2D eigenvalue weighted by molar-refractivity contribution is 7.89. The van der Waals surface area contributed by atoms with Gasteiger partial charge in [0.25, 0.3) is 0 Å². The molecule has 2 aliphatic rings. The summed E-state index contributed by atoms with van der Waals surface area (Å²) in [6.07, 6.45) is 3.16. The summed E-state index contributed by atoms with van der Waals surface area (Å²) in [7, 11) is -3.50. The van der Waals surface area contributed by atoms with Crippen molar-refractivity contribution in [2.45, 2.75) is 37.1 Å². The van der Waals surface area contributed by atoms with Crippen LogP contribution in [0.4, 0.5) is 0 Å². The van der Waals surface area contributed by atoms with E-state index in [1.807, 2.05) is 6.92 Å². The van der Waals surface area contributed by atoms with E-state index in [2.05, 4.69) is 9.62 Å². The van der Waals surface area contributed by atoms with Gasteiger partial charge in [0.05, 0.1) is 11.5 Å². The number of likely N-dealkylation sites (tertiary alicyclic amines) is 1. The summed E-state index contributed by atoms with van der Waals surface area (Å²) in [6, 6.07) is 5.41. The van der Waals surface area contributed by atoms with Crippen LogP contribution in [-0.2, 0) is 14.8 Å². The summed E-state index contributed by atoms with van der Waals surface area (Å²) in [5.41, 5.74) is 0.874. The summed E-state index contributed by atoms with van der Waals surface area (Å²) in [5.74, 6) is 0.388. The highest BCUT2D eigenvalue weighted by Gasteiger charge is 2.28. The van der Waals surface area contributed by atoms with Crippen LogP contribution < -0.4 is 4.72 Å². The Morgan fingerprint density at radius 3 is 2.67 bits per heavy atom. The third-order valence-corrected chi connectivity index (χ3v) is 6.92. The van der Waals surface area contributed by atoms with Crippen LogP contribution in [0.15, 0.2) is 23.1 Å². The number of halogens is 1. The summed E-state index contributed by atoms with van der Waals surface area (Å²) in [6.45, 7) is 6.10. The van der Waals surface area contributed by atoms with Crippen molar-refractivity contribution >= 4 is 21.6 Å². The molecule has 7 heteroatoms. The molecule has 0 saturated carbocycles. The number of nitrogens with one attached hydrogen (secondary N) is 1. The fraction of sp³-hybridized carbons (Fsp3) is 0.647. The molecule has 0 amide bonds. The van der Waals surface area contributed by atoms with Gasteiger partial charge in [0.2, 0.25) is 10.0 Å². The van der Waals surface area contributed by atoms with Gasteiger partial charge in [-0.15, -0.1) is 0 Å². The molecule has 0 aromatic heterocycles. The molecule has 2 saturated heterocycles. The van der Waals surface area contributed by atoms with Crippen molar-refractivity contribution in [1.29, 1.82) is 0 Å². The summed E-state index contributed by atoms with van der Waals surface area (Å²) < 4.78 is 33.0. The molecule has 5 nitrogen and oxygen atoms in total. The van der Waals surface area contributed by atoms with Crippen molar-refractivity contribution in [2.75, 3.05) is 32.8 Å². The molecule has 1 N–H and O–H groups in total. The van der Waals surface area contributed by atoms with Gasteiger partial charge in [-0.1, -0.05) is 17.7 Å². The van der Waals surface area contributed by atoms with E-state index in [1.165, 1.54) is 6.07 Å². The number of hydrogen-bond donors (Lipinski definition) is 1. The van der Waals surface area contributed by atoms with E-state index in [9.17, 15) is 8.42 Å². The lowest BCUT2D eigenvalue weighted by Crippen LogP contribution is -2.43. The molecular weight excluding hydrogens is 348 g/mol. The Morgan fingerprint density at radius 2 is 2.04 bits per heavy atom. The molecule has 1 aromatic rings. The quantitative estimate of drug-likeness (QED) is 0.862. The van der Waals surface area contributed by atoms with E-state index in [-0.39, 0.29) is 4.90 Å². The summed E-state index contributed by atoms with van der Waals surface area (Å²) in [5, 5.41) is 0.477. The minimum absolute atomic E-state index is 0.235. The first-order chi connectivity index (χ1) is 11.5. The second kappa shape index (κ2) is 7.70. The SMILES string of the molecule is Cc1ccc(S(=O)(=O)NCC2CCN(C3CCOC3)CC2)cc1Cl. The van der Waals surface area contributed by atoms with E-state index in [4.69, 9.17) is 16.3 Å². The van der Waals surface area contributed by atoms with Crippen molar-refractivity contribution in [3.8, 4) is 0 Å². The highest BCUT2D eigenvalue weighted by atomic mass is 35.5. The Labute approximate surface area is 149 Å².